The number of hydrogen-bond acceptors (Lipinski definition) is 2. The first-order valence-corrected chi connectivity index (χ1v) is 6.48. The molecule has 98 valence electrons. The van der Waals surface area contributed by atoms with E-state index in [2.05, 4.69) is 5.32 Å². The molecule has 1 unspecified atom stereocenters. The Hall–Kier alpha value is -1.35. The summed E-state index contributed by atoms with van der Waals surface area (Å²) >= 11 is 5.90. The lowest BCUT2D eigenvalue weighted by Crippen LogP contribution is -2.18. The van der Waals surface area contributed by atoms with Crippen LogP contribution in [0.15, 0.2) is 24.3 Å². The van der Waals surface area contributed by atoms with Gasteiger partial charge in [-0.05, 0) is 30.7 Å². The molecule has 0 aliphatic rings. The molecule has 1 rings (SSSR count). The lowest BCUT2D eigenvalue weighted by atomic mass is 10.1. The van der Waals surface area contributed by atoms with Crippen LogP contribution < -0.4 is 5.32 Å². The summed E-state index contributed by atoms with van der Waals surface area (Å²) in [7, 11) is 0. The summed E-state index contributed by atoms with van der Waals surface area (Å²) < 4.78 is 0. The van der Waals surface area contributed by atoms with Gasteiger partial charge >= 0.3 is 0 Å². The fourth-order valence-electron chi connectivity index (χ4n) is 1.37. The van der Waals surface area contributed by atoms with Crippen molar-refractivity contribution < 1.29 is 9.59 Å². The number of hydrogen-bond donors (Lipinski definition) is 1. The molecule has 0 aromatic heterocycles. The van der Waals surface area contributed by atoms with Gasteiger partial charge in [-0.3, -0.25) is 9.59 Å². The van der Waals surface area contributed by atoms with Gasteiger partial charge in [0, 0.05) is 17.2 Å². The van der Waals surface area contributed by atoms with E-state index in [4.69, 9.17) is 11.6 Å². The molecule has 3 nitrogen and oxygen atoms in total. The fraction of sp³-hybridized carbons (Fsp3) is 0.429. The van der Waals surface area contributed by atoms with E-state index >= 15 is 0 Å². The first kappa shape index (κ1) is 14.7. The minimum Gasteiger partial charge on any atom is -0.326 e. The zero-order valence-corrected chi connectivity index (χ0v) is 11.6. The third kappa shape index (κ3) is 3.84. The summed E-state index contributed by atoms with van der Waals surface area (Å²) in [6, 6.07) is 6.80. The zero-order valence-electron chi connectivity index (χ0n) is 10.9. The van der Waals surface area contributed by atoms with Crippen LogP contribution in [0.1, 0.15) is 37.6 Å². The smallest absolute Gasteiger partial charge is 0.226 e. The van der Waals surface area contributed by atoms with Crippen molar-refractivity contribution in [3.63, 3.8) is 0 Å². The predicted octanol–water partition coefficient (Wildman–Crippen LogP) is 3.48. The molecule has 1 atom stereocenters. The molecule has 0 spiro atoms. The van der Waals surface area contributed by atoms with Crippen LogP contribution >= 0.6 is 11.6 Å². The number of carbonyl (C=O) groups is 2. The molecule has 1 N–H and O–H groups in total. The monoisotopic (exact) mass is 267 g/mol. The highest BCUT2D eigenvalue weighted by Gasteiger charge is 2.15. The summed E-state index contributed by atoms with van der Waals surface area (Å²) in [6.45, 7) is 5.52. The number of rotatable bonds is 5. The number of amides is 1. The van der Waals surface area contributed by atoms with Crippen LogP contribution in [0.2, 0.25) is 0 Å². The van der Waals surface area contributed by atoms with Crippen molar-refractivity contribution in [1.29, 1.82) is 0 Å². The molecule has 0 heterocycles. The molecule has 0 bridgehead atoms. The Balaban J connectivity index is 2.74. The van der Waals surface area contributed by atoms with Crippen molar-refractivity contribution >= 4 is 29.0 Å². The zero-order chi connectivity index (χ0) is 13.7. The van der Waals surface area contributed by atoms with E-state index in [1.807, 2.05) is 20.8 Å². The van der Waals surface area contributed by atoms with Gasteiger partial charge < -0.3 is 5.32 Å². The lowest BCUT2D eigenvalue weighted by Gasteiger charge is -2.09. The summed E-state index contributed by atoms with van der Waals surface area (Å²) in [6.07, 6.45) is 0.603. The average molecular weight is 268 g/mol. The first-order valence-electron chi connectivity index (χ1n) is 6.05. The van der Waals surface area contributed by atoms with E-state index in [1.165, 1.54) is 0 Å². The Morgan fingerprint density at radius 3 is 2.22 bits per heavy atom. The van der Waals surface area contributed by atoms with Crippen molar-refractivity contribution in [3.05, 3.63) is 29.8 Å². The molecular formula is C14H18ClNO2. The van der Waals surface area contributed by atoms with Crippen molar-refractivity contribution in [3.8, 4) is 0 Å². The van der Waals surface area contributed by atoms with Gasteiger partial charge in [0.25, 0.3) is 0 Å². The Morgan fingerprint density at radius 2 is 1.78 bits per heavy atom. The van der Waals surface area contributed by atoms with Crippen LogP contribution in [0.3, 0.4) is 0 Å². The van der Waals surface area contributed by atoms with Gasteiger partial charge in [-0.2, -0.15) is 0 Å². The molecule has 0 fully saturated rings. The first-order chi connectivity index (χ1) is 8.45. The molecule has 1 aromatic carbocycles. The highest BCUT2D eigenvalue weighted by molar-refractivity contribution is 6.33. The van der Waals surface area contributed by atoms with Crippen molar-refractivity contribution in [2.45, 2.75) is 32.6 Å². The number of carbonyl (C=O) groups excluding carboxylic acids is 2. The molecule has 18 heavy (non-hydrogen) atoms. The Kier molecular flexibility index (Phi) is 5.35. The van der Waals surface area contributed by atoms with Crippen LogP contribution in [-0.2, 0) is 4.79 Å². The van der Waals surface area contributed by atoms with Crippen molar-refractivity contribution in [2.75, 3.05) is 5.32 Å². The number of ketones is 1. The van der Waals surface area contributed by atoms with E-state index in [-0.39, 0.29) is 17.6 Å². The number of anilines is 1. The van der Waals surface area contributed by atoms with Gasteiger partial charge in [-0.15, -0.1) is 11.6 Å². The number of alkyl halides is 1. The number of halogens is 1. The van der Waals surface area contributed by atoms with Gasteiger partial charge in [0.15, 0.2) is 5.78 Å². The van der Waals surface area contributed by atoms with Crippen molar-refractivity contribution in [2.24, 2.45) is 5.92 Å². The molecule has 1 aromatic rings. The van der Waals surface area contributed by atoms with Crippen LogP contribution in [-0.4, -0.2) is 17.1 Å². The molecule has 0 aliphatic heterocycles. The highest BCUT2D eigenvalue weighted by Crippen LogP contribution is 2.15. The predicted molar refractivity (Wildman–Crippen MR) is 74.2 cm³/mol. The molecule has 1 amide bonds. The Labute approximate surface area is 113 Å². The topological polar surface area (TPSA) is 46.2 Å². The number of benzene rings is 1. The third-order valence-electron chi connectivity index (χ3n) is 2.60. The number of nitrogens with one attached hydrogen (secondary N) is 1. The molecule has 0 saturated heterocycles. The van der Waals surface area contributed by atoms with Gasteiger partial charge in [-0.1, -0.05) is 20.8 Å². The van der Waals surface area contributed by atoms with Crippen molar-refractivity contribution in [1.82, 2.24) is 0 Å². The van der Waals surface area contributed by atoms with Crippen LogP contribution in [0.5, 0.6) is 0 Å². The maximum absolute atomic E-state index is 11.8. The number of Topliss-reactive ketones (excluding diaryl/α,β-unsaturated/α-hetero) is 1. The Bertz CT molecular complexity index is 426. The van der Waals surface area contributed by atoms with Gasteiger partial charge in [-0.25, -0.2) is 0 Å². The molecule has 0 saturated carbocycles. The normalized spacial score (nSPS) is 12.3. The second kappa shape index (κ2) is 6.55. The van der Waals surface area contributed by atoms with E-state index in [0.717, 1.165) is 0 Å². The largest absolute Gasteiger partial charge is 0.326 e. The van der Waals surface area contributed by atoms with Gasteiger partial charge in [0.1, 0.15) is 0 Å². The quantitative estimate of drug-likeness (QED) is 0.656. The minimum absolute atomic E-state index is 0.0437. The lowest BCUT2D eigenvalue weighted by molar-refractivity contribution is -0.118. The third-order valence-corrected chi connectivity index (χ3v) is 3.11. The summed E-state index contributed by atoms with van der Waals surface area (Å²) in [5, 5.41) is 2.28. The molecule has 0 radical (unpaired) electrons. The molecular weight excluding hydrogens is 250 g/mol. The summed E-state index contributed by atoms with van der Waals surface area (Å²) in [4.78, 5) is 23.3. The molecule has 4 heteroatoms. The maximum Gasteiger partial charge on any atom is 0.226 e. The fourth-order valence-corrected chi connectivity index (χ4v) is 1.50. The van der Waals surface area contributed by atoms with Crippen LogP contribution in [0.25, 0.3) is 0 Å². The van der Waals surface area contributed by atoms with E-state index in [9.17, 15) is 9.59 Å². The maximum atomic E-state index is 11.8. The van der Waals surface area contributed by atoms with E-state index in [1.54, 1.807) is 24.3 Å². The highest BCUT2D eigenvalue weighted by atomic mass is 35.5. The second-order valence-corrected chi connectivity index (χ2v) is 4.99. The van der Waals surface area contributed by atoms with Gasteiger partial charge in [0.2, 0.25) is 5.91 Å². The SMILES string of the molecule is CCC(Cl)C(=O)c1ccc(NC(=O)C(C)C)cc1. The minimum atomic E-state index is -0.485. The second-order valence-electron chi connectivity index (χ2n) is 4.46. The standard InChI is InChI=1S/C14H18ClNO2/c1-4-12(15)13(17)10-5-7-11(8-6-10)16-14(18)9(2)3/h5-9,12H,4H2,1-3H3,(H,16,18). The van der Waals surface area contributed by atoms with E-state index in [0.29, 0.717) is 17.7 Å². The summed E-state index contributed by atoms with van der Waals surface area (Å²) in [5.41, 5.74) is 1.26. The average Bonchev–Trinajstić information content (AvgIpc) is 2.37. The Morgan fingerprint density at radius 1 is 1.22 bits per heavy atom. The van der Waals surface area contributed by atoms with Crippen LogP contribution in [0.4, 0.5) is 5.69 Å². The van der Waals surface area contributed by atoms with Gasteiger partial charge in [0.05, 0.1) is 5.38 Å². The summed E-state index contributed by atoms with van der Waals surface area (Å²) in [5.74, 6) is -0.197. The molecule has 0 aliphatic carbocycles. The van der Waals surface area contributed by atoms with E-state index < -0.39 is 5.38 Å². The van der Waals surface area contributed by atoms with Crippen LogP contribution in [0, 0.1) is 5.92 Å².